The van der Waals surface area contributed by atoms with E-state index in [-0.39, 0.29) is 0 Å². The zero-order valence-electron chi connectivity index (χ0n) is 15.0. The maximum atomic E-state index is 6.01. The van der Waals surface area contributed by atoms with Gasteiger partial charge in [0.1, 0.15) is 0 Å². The van der Waals surface area contributed by atoms with Gasteiger partial charge < -0.3 is 16.0 Å². The number of unbranched alkanes of at least 4 members (excludes halogenated alkanes) is 1. The number of fused-ring (bicyclic) bond motifs is 1. The number of nitrogens with two attached hydrogens (primary N) is 1. The van der Waals surface area contributed by atoms with Gasteiger partial charge in [-0.1, -0.05) is 24.3 Å². The van der Waals surface area contributed by atoms with E-state index in [4.69, 9.17) is 5.73 Å². The van der Waals surface area contributed by atoms with Gasteiger partial charge in [0.15, 0.2) is 5.96 Å². The van der Waals surface area contributed by atoms with Crippen LogP contribution in [0.2, 0.25) is 0 Å². The highest BCUT2D eigenvalue weighted by Gasteiger charge is 2.10. The molecule has 0 bridgehead atoms. The molecule has 4 heteroatoms. The Hall–Kier alpha value is -2.49. The van der Waals surface area contributed by atoms with Crippen LogP contribution in [0.15, 0.2) is 53.5 Å². The van der Waals surface area contributed by atoms with Crippen molar-refractivity contribution in [1.82, 2.24) is 0 Å². The van der Waals surface area contributed by atoms with Crippen LogP contribution >= 0.6 is 0 Å². The van der Waals surface area contributed by atoms with Gasteiger partial charge in [0.2, 0.25) is 0 Å². The van der Waals surface area contributed by atoms with Gasteiger partial charge in [0.05, 0.1) is 0 Å². The normalized spacial score (nSPS) is 13.6. The van der Waals surface area contributed by atoms with Gasteiger partial charge in [-0.05, 0) is 67.5 Å². The second-order valence-corrected chi connectivity index (χ2v) is 6.69. The predicted octanol–water partition coefficient (Wildman–Crippen LogP) is 3.82. The molecule has 0 unspecified atom stereocenters. The smallest absolute Gasteiger partial charge is 0.193 e. The molecule has 0 amide bonds. The lowest BCUT2D eigenvalue weighted by Crippen LogP contribution is -2.23. The monoisotopic (exact) mass is 336 g/mol. The maximum absolute atomic E-state index is 6.01. The molecular formula is C21H28N4. The molecular weight excluding hydrogens is 308 g/mol. The van der Waals surface area contributed by atoms with Crippen molar-refractivity contribution in [2.45, 2.75) is 32.1 Å². The van der Waals surface area contributed by atoms with Crippen molar-refractivity contribution in [1.29, 1.82) is 0 Å². The highest BCUT2D eigenvalue weighted by atomic mass is 15.1. The molecule has 2 aromatic rings. The predicted molar refractivity (Wildman–Crippen MR) is 108 cm³/mol. The Balaban J connectivity index is 1.39. The SMILES string of the molecule is CN(CCCCN=C(N)Nc1ccc2c(c1)CCC2)c1ccccc1. The van der Waals surface area contributed by atoms with Crippen LogP contribution in [0.5, 0.6) is 0 Å². The summed E-state index contributed by atoms with van der Waals surface area (Å²) in [5, 5.41) is 3.21. The first-order valence-electron chi connectivity index (χ1n) is 9.17. The molecule has 1 aliphatic carbocycles. The molecule has 0 radical (unpaired) electrons. The topological polar surface area (TPSA) is 53.6 Å². The Labute approximate surface area is 150 Å². The van der Waals surface area contributed by atoms with E-state index in [0.717, 1.165) is 31.6 Å². The molecule has 0 aliphatic heterocycles. The van der Waals surface area contributed by atoms with Gasteiger partial charge in [-0.3, -0.25) is 4.99 Å². The van der Waals surface area contributed by atoms with Crippen LogP contribution in [0.3, 0.4) is 0 Å². The van der Waals surface area contributed by atoms with Crippen LogP contribution in [-0.2, 0) is 12.8 Å². The van der Waals surface area contributed by atoms with Gasteiger partial charge >= 0.3 is 0 Å². The van der Waals surface area contributed by atoms with Crippen LogP contribution in [0.1, 0.15) is 30.4 Å². The van der Waals surface area contributed by atoms with E-state index < -0.39 is 0 Å². The van der Waals surface area contributed by atoms with Crippen molar-refractivity contribution >= 4 is 17.3 Å². The molecule has 132 valence electrons. The highest BCUT2D eigenvalue weighted by molar-refractivity contribution is 5.92. The summed E-state index contributed by atoms with van der Waals surface area (Å²) < 4.78 is 0. The fourth-order valence-corrected chi connectivity index (χ4v) is 3.31. The molecule has 0 fully saturated rings. The van der Waals surface area contributed by atoms with Crippen LogP contribution < -0.4 is 16.0 Å². The summed E-state index contributed by atoms with van der Waals surface area (Å²) in [4.78, 5) is 6.72. The summed E-state index contributed by atoms with van der Waals surface area (Å²) in [5.74, 6) is 0.509. The fourth-order valence-electron chi connectivity index (χ4n) is 3.31. The molecule has 0 aromatic heterocycles. The number of nitrogens with one attached hydrogen (secondary N) is 1. The quantitative estimate of drug-likeness (QED) is 0.459. The molecule has 0 heterocycles. The molecule has 4 nitrogen and oxygen atoms in total. The van der Waals surface area contributed by atoms with E-state index >= 15 is 0 Å². The Bertz CT molecular complexity index is 709. The standard InChI is InChI=1S/C21H28N4/c1-25(20-10-3-2-4-11-20)15-6-5-14-23-21(22)24-19-13-12-17-8-7-9-18(17)16-19/h2-4,10-13,16H,5-9,14-15H2,1H3,(H3,22,23,24). The Morgan fingerprint density at radius 2 is 1.88 bits per heavy atom. The van der Waals surface area contributed by atoms with Crippen molar-refractivity contribution in [3.05, 3.63) is 59.7 Å². The van der Waals surface area contributed by atoms with Crippen molar-refractivity contribution in [3.63, 3.8) is 0 Å². The number of benzene rings is 2. The zero-order valence-corrected chi connectivity index (χ0v) is 15.0. The third-order valence-corrected chi connectivity index (χ3v) is 4.75. The molecule has 3 N–H and O–H groups in total. The number of hydrogen-bond acceptors (Lipinski definition) is 2. The number of hydrogen-bond donors (Lipinski definition) is 2. The van der Waals surface area contributed by atoms with Crippen LogP contribution in [-0.4, -0.2) is 26.1 Å². The first-order chi connectivity index (χ1) is 12.2. The summed E-state index contributed by atoms with van der Waals surface area (Å²) in [5.41, 5.74) is 11.2. The molecule has 0 atom stereocenters. The Kier molecular flexibility index (Phi) is 5.94. The lowest BCUT2D eigenvalue weighted by Gasteiger charge is -2.18. The number of aryl methyl sites for hydroxylation is 2. The van der Waals surface area contributed by atoms with E-state index in [1.54, 1.807) is 0 Å². The minimum Gasteiger partial charge on any atom is -0.375 e. The van der Waals surface area contributed by atoms with E-state index in [1.807, 2.05) is 6.07 Å². The van der Waals surface area contributed by atoms with E-state index in [9.17, 15) is 0 Å². The van der Waals surface area contributed by atoms with E-state index in [2.05, 4.69) is 64.7 Å². The van der Waals surface area contributed by atoms with Crippen molar-refractivity contribution in [3.8, 4) is 0 Å². The molecule has 1 aliphatic rings. The van der Waals surface area contributed by atoms with Crippen LogP contribution in [0, 0.1) is 0 Å². The number of nitrogens with zero attached hydrogens (tertiary/aromatic N) is 2. The van der Waals surface area contributed by atoms with Crippen LogP contribution in [0.4, 0.5) is 11.4 Å². The van der Waals surface area contributed by atoms with Gasteiger partial charge in [-0.25, -0.2) is 0 Å². The number of rotatable bonds is 7. The summed E-state index contributed by atoms with van der Waals surface area (Å²) in [7, 11) is 2.13. The summed E-state index contributed by atoms with van der Waals surface area (Å²) in [6.07, 6.45) is 5.78. The van der Waals surface area contributed by atoms with Crippen LogP contribution in [0.25, 0.3) is 0 Å². The third-order valence-electron chi connectivity index (χ3n) is 4.75. The molecule has 2 aromatic carbocycles. The fraction of sp³-hybridized carbons (Fsp3) is 0.381. The number of para-hydroxylation sites is 1. The lowest BCUT2D eigenvalue weighted by molar-refractivity contribution is 0.728. The zero-order chi connectivity index (χ0) is 17.5. The summed E-state index contributed by atoms with van der Waals surface area (Å²) in [6, 6.07) is 17.0. The summed E-state index contributed by atoms with van der Waals surface area (Å²) in [6.45, 7) is 1.78. The first-order valence-corrected chi connectivity index (χ1v) is 9.17. The first kappa shape index (κ1) is 17.3. The van der Waals surface area contributed by atoms with Crippen molar-refractivity contribution in [2.24, 2.45) is 10.7 Å². The highest BCUT2D eigenvalue weighted by Crippen LogP contribution is 2.24. The molecule has 3 rings (SSSR count). The molecule has 0 saturated carbocycles. The maximum Gasteiger partial charge on any atom is 0.193 e. The Morgan fingerprint density at radius 3 is 2.72 bits per heavy atom. The lowest BCUT2D eigenvalue weighted by atomic mass is 10.1. The average molecular weight is 336 g/mol. The average Bonchev–Trinajstić information content (AvgIpc) is 3.09. The summed E-state index contributed by atoms with van der Waals surface area (Å²) >= 11 is 0. The van der Waals surface area contributed by atoms with Crippen molar-refractivity contribution in [2.75, 3.05) is 30.4 Å². The largest absolute Gasteiger partial charge is 0.375 e. The van der Waals surface area contributed by atoms with Gasteiger partial charge in [0, 0.05) is 31.5 Å². The molecule has 0 saturated heterocycles. The number of anilines is 2. The van der Waals surface area contributed by atoms with E-state index in [1.165, 1.54) is 36.1 Å². The minimum atomic E-state index is 0.509. The third kappa shape index (κ3) is 4.99. The number of guanidine groups is 1. The van der Waals surface area contributed by atoms with Gasteiger partial charge in [-0.15, -0.1) is 0 Å². The minimum absolute atomic E-state index is 0.509. The second-order valence-electron chi connectivity index (χ2n) is 6.69. The number of aliphatic imine (C=N–C) groups is 1. The van der Waals surface area contributed by atoms with Gasteiger partial charge in [0.25, 0.3) is 0 Å². The Morgan fingerprint density at radius 1 is 1.08 bits per heavy atom. The molecule has 0 spiro atoms. The molecule has 25 heavy (non-hydrogen) atoms. The second kappa shape index (κ2) is 8.56. The van der Waals surface area contributed by atoms with E-state index in [0.29, 0.717) is 5.96 Å². The van der Waals surface area contributed by atoms with Gasteiger partial charge in [-0.2, -0.15) is 0 Å². The van der Waals surface area contributed by atoms with Crippen molar-refractivity contribution < 1.29 is 0 Å².